The minimum absolute atomic E-state index is 0. The van der Waals surface area contributed by atoms with Gasteiger partial charge >= 0.3 is 38.3 Å². The predicted octanol–water partition coefficient (Wildman–Crippen LogP) is -9.38. The van der Waals surface area contributed by atoms with Crippen molar-refractivity contribution in [3.05, 3.63) is 0 Å². The van der Waals surface area contributed by atoms with Crippen molar-refractivity contribution in [2.75, 3.05) is 7.11 Å². The van der Waals surface area contributed by atoms with E-state index < -0.39 is 0 Å². The summed E-state index contributed by atoms with van der Waals surface area (Å²) in [6.07, 6.45) is 0. The van der Waals surface area contributed by atoms with Crippen molar-refractivity contribution in [2.45, 2.75) is 0 Å². The van der Waals surface area contributed by atoms with E-state index in [1.807, 2.05) is 0 Å². The van der Waals surface area contributed by atoms with E-state index in [2.05, 4.69) is 0 Å². The predicted molar refractivity (Wildman–Crippen MR) is 8.14 cm³/mol. The third-order valence-corrected chi connectivity index (χ3v) is 0. The van der Waals surface area contributed by atoms with E-state index in [-0.39, 0.29) is 72.3 Å². The molecule has 30 valence electrons. The third kappa shape index (κ3) is 35.4. The molecule has 6 heavy (non-hydrogen) atoms. The Bertz CT molecular complexity index is 13.5. The van der Waals surface area contributed by atoms with Crippen LogP contribution in [0.25, 0.3) is 0 Å². The van der Waals surface area contributed by atoms with Gasteiger partial charge in [0.15, 0.2) is 0 Å². The molecule has 1 nitrogen and oxygen atoms in total. The van der Waals surface area contributed by atoms with Gasteiger partial charge in [-0.05, 0) is 0 Å². The van der Waals surface area contributed by atoms with Crippen molar-refractivity contribution < 1.29 is 77.4 Å². The second kappa shape index (κ2) is 58.8. The van der Waals surface area contributed by atoms with Crippen LogP contribution >= 0.6 is 0 Å². The molecule has 0 fully saturated rings. The Morgan fingerprint density at radius 1 is 1.00 bits per heavy atom. The molecule has 5 heteroatoms. The summed E-state index contributed by atoms with van der Waals surface area (Å²) >= 11 is 0. The van der Waals surface area contributed by atoms with Crippen LogP contribution in [0, 0.1) is 0 Å². The number of aliphatic hydroxyl groups is 1. The Kier molecular flexibility index (Phi) is 412. The minimum Gasteiger partial charge on any atom is -1.00 e. The van der Waals surface area contributed by atoms with Gasteiger partial charge in [-0.2, -0.15) is 0 Å². The van der Waals surface area contributed by atoms with Crippen molar-refractivity contribution in [1.29, 1.82) is 0 Å². The molecule has 0 aliphatic heterocycles. The molecule has 1 N–H and O–H groups in total. The molecule has 0 radical (unpaired) electrons. The van der Waals surface area contributed by atoms with E-state index >= 15 is 0 Å². The fourth-order valence-electron chi connectivity index (χ4n) is 0. The first-order valence-electron chi connectivity index (χ1n) is 0.447. The van der Waals surface area contributed by atoms with Crippen LogP contribution in [0.3, 0.4) is 0 Å². The zero-order valence-corrected chi connectivity index (χ0v) is 10.0. The standard InChI is InChI=1S/CH4O.2BrH.Li.Zn/c1-2;;;;/h2H,1H3;2*1H;;/q;;;+1;+2/p-2. The van der Waals surface area contributed by atoms with Crippen LogP contribution in [0.5, 0.6) is 0 Å². The van der Waals surface area contributed by atoms with Gasteiger partial charge in [-0.1, -0.05) is 0 Å². The number of halogens is 2. The van der Waals surface area contributed by atoms with Crippen molar-refractivity contribution in [2.24, 2.45) is 0 Å². The first-order chi connectivity index (χ1) is 1.00. The molecule has 0 aromatic rings. The zero-order chi connectivity index (χ0) is 2.00. The molecule has 0 unspecified atom stereocenters. The minimum atomic E-state index is 0. The smallest absolute Gasteiger partial charge is 1.00 e. The van der Waals surface area contributed by atoms with E-state index in [4.69, 9.17) is 5.11 Å². The molecule has 0 rings (SSSR count). The van der Waals surface area contributed by atoms with Crippen LogP contribution in [0.15, 0.2) is 0 Å². The van der Waals surface area contributed by atoms with Gasteiger partial charge in [0.2, 0.25) is 0 Å². The van der Waals surface area contributed by atoms with Gasteiger partial charge in [-0.15, -0.1) is 0 Å². The summed E-state index contributed by atoms with van der Waals surface area (Å²) < 4.78 is 0. The van der Waals surface area contributed by atoms with Crippen LogP contribution in [-0.4, -0.2) is 12.2 Å². The van der Waals surface area contributed by atoms with E-state index in [1.165, 1.54) is 0 Å². The largest absolute Gasteiger partial charge is 2.00 e. The normalized spacial score (nSPS) is 1.00. The number of hydrogen-bond acceptors (Lipinski definition) is 1. The maximum absolute atomic E-state index is 7.00. The summed E-state index contributed by atoms with van der Waals surface area (Å²) in [5.74, 6) is 0. The summed E-state index contributed by atoms with van der Waals surface area (Å²) in [5, 5.41) is 7.00. The Labute approximate surface area is 83.7 Å². The van der Waals surface area contributed by atoms with Crippen molar-refractivity contribution >= 4 is 0 Å². The van der Waals surface area contributed by atoms with Gasteiger partial charge in [-0.3, -0.25) is 0 Å². The van der Waals surface area contributed by atoms with E-state index in [0.29, 0.717) is 0 Å². The molecule has 0 saturated heterocycles. The van der Waals surface area contributed by atoms with Gasteiger partial charge < -0.3 is 39.1 Å². The molecule has 0 aliphatic carbocycles. The molecule has 0 aromatic heterocycles. The number of hydrogen-bond donors (Lipinski definition) is 1. The monoisotopic (exact) mass is 261 g/mol. The number of aliphatic hydroxyl groups excluding tert-OH is 1. The molecule has 0 amide bonds. The summed E-state index contributed by atoms with van der Waals surface area (Å²) in [5.41, 5.74) is 0. The summed E-state index contributed by atoms with van der Waals surface area (Å²) in [6, 6.07) is 0. The van der Waals surface area contributed by atoms with Crippen molar-refractivity contribution in [1.82, 2.24) is 0 Å². The quantitative estimate of drug-likeness (QED) is 0.431. The first kappa shape index (κ1) is 42.1. The molecule has 0 spiro atoms. The van der Waals surface area contributed by atoms with Gasteiger partial charge in [0, 0.05) is 7.11 Å². The van der Waals surface area contributed by atoms with Crippen LogP contribution in [0.4, 0.5) is 0 Å². The summed E-state index contributed by atoms with van der Waals surface area (Å²) in [6.45, 7) is 0. The molecular weight excluding hydrogens is 260 g/mol. The molecule has 0 aliphatic rings. The molecular formula is CH4Br2LiOZn+. The Morgan fingerprint density at radius 2 is 1.00 bits per heavy atom. The Balaban J connectivity index is -0.000000000833. The topological polar surface area (TPSA) is 20.2 Å². The zero-order valence-electron chi connectivity index (χ0n) is 3.91. The molecule has 0 atom stereocenters. The van der Waals surface area contributed by atoms with Crippen molar-refractivity contribution in [3.63, 3.8) is 0 Å². The SMILES string of the molecule is CO.[Br-].[Br-].[Li+].[Zn+2]. The van der Waals surface area contributed by atoms with E-state index in [0.717, 1.165) is 7.11 Å². The van der Waals surface area contributed by atoms with Crippen molar-refractivity contribution in [3.8, 4) is 0 Å². The third-order valence-electron chi connectivity index (χ3n) is 0. The number of rotatable bonds is 0. The van der Waals surface area contributed by atoms with Gasteiger partial charge in [0.1, 0.15) is 0 Å². The maximum atomic E-state index is 7.00. The molecule has 0 heterocycles. The summed E-state index contributed by atoms with van der Waals surface area (Å²) in [4.78, 5) is 0. The fraction of sp³-hybridized carbons (Fsp3) is 1.00. The average molecular weight is 264 g/mol. The summed E-state index contributed by atoms with van der Waals surface area (Å²) in [7, 11) is 1.00. The fourth-order valence-corrected chi connectivity index (χ4v) is 0. The van der Waals surface area contributed by atoms with Gasteiger partial charge in [0.05, 0.1) is 0 Å². The second-order valence-corrected chi connectivity index (χ2v) is 0. The van der Waals surface area contributed by atoms with E-state index in [1.54, 1.807) is 0 Å². The van der Waals surface area contributed by atoms with E-state index in [9.17, 15) is 0 Å². The van der Waals surface area contributed by atoms with Gasteiger partial charge in [-0.25, -0.2) is 0 Å². The van der Waals surface area contributed by atoms with Gasteiger partial charge in [0.25, 0.3) is 0 Å². The Hall–Kier alpha value is 2.14. The molecule has 0 bridgehead atoms. The van der Waals surface area contributed by atoms with Crippen LogP contribution < -0.4 is 52.8 Å². The first-order valence-corrected chi connectivity index (χ1v) is 0.447. The molecule has 0 aromatic carbocycles. The maximum Gasteiger partial charge on any atom is 2.00 e. The van der Waals surface area contributed by atoms with Crippen LogP contribution in [0.1, 0.15) is 0 Å². The second-order valence-electron chi connectivity index (χ2n) is 0. The Morgan fingerprint density at radius 3 is 1.00 bits per heavy atom. The van der Waals surface area contributed by atoms with Crippen LogP contribution in [0.2, 0.25) is 0 Å². The average Bonchev–Trinajstić information content (AvgIpc) is 1.00. The molecule has 0 saturated carbocycles. The van der Waals surface area contributed by atoms with Crippen LogP contribution in [-0.2, 0) is 19.5 Å².